The number of ether oxygens (including phenoxy) is 3. The molecule has 0 saturated heterocycles. The van der Waals surface area contributed by atoms with Gasteiger partial charge in [0.2, 0.25) is 0 Å². The van der Waals surface area contributed by atoms with Crippen LogP contribution in [0.25, 0.3) is 10.2 Å². The third-order valence-corrected chi connectivity index (χ3v) is 8.14. The molecule has 3 aromatic rings. The molecule has 3 aliphatic rings. The first kappa shape index (κ1) is 23.0. The Morgan fingerprint density at radius 3 is 2.56 bits per heavy atom. The summed E-state index contributed by atoms with van der Waals surface area (Å²) in [6, 6.07) is 12.7. The van der Waals surface area contributed by atoms with Gasteiger partial charge in [0.1, 0.15) is 17.6 Å². The van der Waals surface area contributed by atoms with Crippen LogP contribution in [0.2, 0.25) is 0 Å². The minimum atomic E-state index is -0.599. The Kier molecular flexibility index (Phi) is 5.71. The fourth-order valence-corrected chi connectivity index (χ4v) is 6.50. The molecular formula is C28H28N2O5S. The highest BCUT2D eigenvalue weighted by Crippen LogP contribution is 2.49. The molecule has 1 aromatic heterocycles. The zero-order chi connectivity index (χ0) is 25.0. The molecular weight excluding hydrogens is 476 g/mol. The van der Waals surface area contributed by atoms with E-state index in [-0.39, 0.29) is 35.6 Å². The minimum absolute atomic E-state index is 0.0343. The van der Waals surface area contributed by atoms with Gasteiger partial charge in [-0.2, -0.15) is 0 Å². The molecule has 3 atom stereocenters. The van der Waals surface area contributed by atoms with Crippen LogP contribution in [0.1, 0.15) is 51.1 Å². The number of carbonyl (C=O) groups excluding carboxylic acids is 2. The Labute approximate surface area is 213 Å². The maximum atomic E-state index is 13.9. The fraction of sp³-hybridized carbons (Fsp3) is 0.393. The van der Waals surface area contributed by atoms with E-state index in [0.717, 1.165) is 53.0 Å². The highest BCUT2D eigenvalue weighted by molar-refractivity contribution is 7.22. The number of hydrogen-bond donors (Lipinski definition) is 0. The third kappa shape index (κ3) is 3.75. The van der Waals surface area contributed by atoms with Crippen LogP contribution < -0.4 is 14.4 Å². The van der Waals surface area contributed by atoms with Crippen molar-refractivity contribution in [1.29, 1.82) is 0 Å². The van der Waals surface area contributed by atoms with Crippen molar-refractivity contribution in [2.75, 3.05) is 12.0 Å². The topological polar surface area (TPSA) is 78.0 Å². The van der Waals surface area contributed by atoms with Crippen LogP contribution in [0.5, 0.6) is 11.5 Å². The lowest BCUT2D eigenvalue weighted by Gasteiger charge is -2.35. The van der Waals surface area contributed by atoms with E-state index >= 15 is 0 Å². The summed E-state index contributed by atoms with van der Waals surface area (Å²) in [5.41, 5.74) is 2.05. The number of rotatable bonds is 5. The van der Waals surface area contributed by atoms with Gasteiger partial charge in [-0.05, 0) is 69.0 Å². The second kappa shape index (κ2) is 8.92. The number of fused-ring (bicyclic) bond motifs is 2. The molecule has 0 bridgehead atoms. The first-order valence-corrected chi connectivity index (χ1v) is 13.3. The largest absolute Gasteiger partial charge is 0.497 e. The normalized spacial score (nSPS) is 23.7. The van der Waals surface area contributed by atoms with E-state index < -0.39 is 6.04 Å². The van der Waals surface area contributed by atoms with Gasteiger partial charge < -0.3 is 14.2 Å². The first-order valence-electron chi connectivity index (χ1n) is 12.4. The number of benzene rings is 2. The van der Waals surface area contributed by atoms with Crippen molar-refractivity contribution >= 4 is 38.4 Å². The second-order valence-corrected chi connectivity index (χ2v) is 10.8. The number of thiazole rings is 1. The zero-order valence-corrected chi connectivity index (χ0v) is 21.3. The number of methoxy groups -OCH3 is 1. The molecule has 2 aromatic carbocycles. The fourth-order valence-electron chi connectivity index (χ4n) is 5.48. The Morgan fingerprint density at radius 2 is 1.81 bits per heavy atom. The van der Waals surface area contributed by atoms with Gasteiger partial charge >= 0.3 is 0 Å². The molecule has 0 radical (unpaired) electrons. The van der Waals surface area contributed by atoms with Crippen molar-refractivity contribution in [3.05, 3.63) is 59.4 Å². The van der Waals surface area contributed by atoms with E-state index in [4.69, 9.17) is 19.2 Å². The van der Waals surface area contributed by atoms with Crippen LogP contribution in [-0.4, -0.2) is 36.0 Å². The highest BCUT2D eigenvalue weighted by atomic mass is 32.1. The van der Waals surface area contributed by atoms with Crippen LogP contribution >= 0.6 is 11.3 Å². The van der Waals surface area contributed by atoms with Crippen LogP contribution in [0.3, 0.4) is 0 Å². The van der Waals surface area contributed by atoms with E-state index in [9.17, 15) is 9.59 Å². The quantitative estimate of drug-likeness (QED) is 0.451. The van der Waals surface area contributed by atoms with Crippen molar-refractivity contribution in [2.45, 2.75) is 57.8 Å². The standard InChI is InChI=1S/C28H28N2O5S/c1-15(2)34-17-10-8-16(9-11-17)24-23-25(31)19-6-4-5-7-21(19)35-26(23)27(32)30(24)28-29-20-13-12-18(33-3)14-22(20)36-28/h8-15,19,21,24H,4-7H2,1-3H3. The lowest BCUT2D eigenvalue weighted by atomic mass is 9.77. The van der Waals surface area contributed by atoms with Crippen molar-refractivity contribution < 1.29 is 23.8 Å². The molecule has 7 nitrogen and oxygen atoms in total. The van der Waals surface area contributed by atoms with Gasteiger partial charge in [-0.25, -0.2) is 4.98 Å². The van der Waals surface area contributed by atoms with Crippen LogP contribution in [0, 0.1) is 5.92 Å². The van der Waals surface area contributed by atoms with E-state index in [1.54, 1.807) is 12.0 Å². The van der Waals surface area contributed by atoms with Crippen molar-refractivity contribution in [3.8, 4) is 11.5 Å². The minimum Gasteiger partial charge on any atom is -0.497 e. The Balaban J connectivity index is 1.46. The zero-order valence-electron chi connectivity index (χ0n) is 20.5. The van der Waals surface area contributed by atoms with E-state index in [2.05, 4.69) is 0 Å². The van der Waals surface area contributed by atoms with Gasteiger partial charge in [0, 0.05) is 0 Å². The summed E-state index contributed by atoms with van der Waals surface area (Å²) >= 11 is 1.41. The number of hydrogen-bond acceptors (Lipinski definition) is 7. The number of carbonyl (C=O) groups is 2. The van der Waals surface area contributed by atoms with Gasteiger partial charge in [-0.3, -0.25) is 14.5 Å². The van der Waals surface area contributed by atoms with Crippen molar-refractivity contribution in [2.24, 2.45) is 5.92 Å². The number of anilines is 1. The highest BCUT2D eigenvalue weighted by Gasteiger charge is 2.53. The lowest BCUT2D eigenvalue weighted by molar-refractivity contribution is -0.131. The number of aromatic nitrogens is 1. The molecule has 1 fully saturated rings. The molecule has 0 N–H and O–H groups in total. The Hall–Kier alpha value is -3.39. The molecule has 1 aliphatic carbocycles. The molecule has 1 amide bonds. The lowest BCUT2D eigenvalue weighted by Crippen LogP contribution is -2.39. The third-order valence-electron chi connectivity index (χ3n) is 7.12. The Bertz CT molecular complexity index is 1380. The number of Topliss-reactive ketones (excluding diaryl/α,β-unsaturated/α-hetero) is 1. The average molecular weight is 505 g/mol. The van der Waals surface area contributed by atoms with Gasteiger partial charge in [0.15, 0.2) is 16.7 Å². The van der Waals surface area contributed by atoms with E-state index in [1.165, 1.54) is 11.3 Å². The van der Waals surface area contributed by atoms with Gasteiger partial charge in [0.05, 0.1) is 41.0 Å². The second-order valence-electron chi connectivity index (χ2n) is 9.80. The summed E-state index contributed by atoms with van der Waals surface area (Å²) < 4.78 is 18.4. The maximum absolute atomic E-state index is 13.9. The van der Waals surface area contributed by atoms with E-state index in [0.29, 0.717) is 10.7 Å². The monoisotopic (exact) mass is 504 g/mol. The average Bonchev–Trinajstić information content (AvgIpc) is 3.42. The van der Waals surface area contributed by atoms with Gasteiger partial charge in [-0.15, -0.1) is 0 Å². The van der Waals surface area contributed by atoms with E-state index in [1.807, 2.05) is 56.3 Å². The van der Waals surface area contributed by atoms with Crippen LogP contribution in [0.15, 0.2) is 53.8 Å². The predicted octanol–water partition coefficient (Wildman–Crippen LogP) is 5.59. The SMILES string of the molecule is COc1ccc2nc(N3C(=O)C4=C(C(=O)C5CCCCC5O4)C3c3ccc(OC(C)C)cc3)sc2c1. The number of nitrogens with zero attached hydrogens (tertiary/aromatic N) is 2. The predicted molar refractivity (Wildman–Crippen MR) is 137 cm³/mol. The molecule has 36 heavy (non-hydrogen) atoms. The summed E-state index contributed by atoms with van der Waals surface area (Å²) in [5.74, 6) is 1.18. The van der Waals surface area contributed by atoms with Crippen LogP contribution in [-0.2, 0) is 14.3 Å². The van der Waals surface area contributed by atoms with Crippen LogP contribution in [0.4, 0.5) is 5.13 Å². The molecule has 3 unspecified atom stereocenters. The summed E-state index contributed by atoms with van der Waals surface area (Å²) in [7, 11) is 1.62. The molecule has 0 spiro atoms. The molecule has 3 heterocycles. The summed E-state index contributed by atoms with van der Waals surface area (Å²) in [4.78, 5) is 34.1. The summed E-state index contributed by atoms with van der Waals surface area (Å²) in [6.45, 7) is 3.95. The van der Waals surface area contributed by atoms with Crippen molar-refractivity contribution in [3.63, 3.8) is 0 Å². The smallest absolute Gasteiger partial charge is 0.296 e. The Morgan fingerprint density at radius 1 is 1.06 bits per heavy atom. The maximum Gasteiger partial charge on any atom is 0.296 e. The summed E-state index contributed by atoms with van der Waals surface area (Å²) in [6.07, 6.45) is 3.43. The van der Waals surface area contributed by atoms with Gasteiger partial charge in [-0.1, -0.05) is 29.9 Å². The number of ketones is 1. The first-order chi connectivity index (χ1) is 17.4. The molecule has 2 aliphatic heterocycles. The molecule has 6 rings (SSSR count). The van der Waals surface area contributed by atoms with Gasteiger partial charge in [0.25, 0.3) is 5.91 Å². The molecule has 1 saturated carbocycles. The molecule has 8 heteroatoms. The number of amides is 1. The summed E-state index contributed by atoms with van der Waals surface area (Å²) in [5, 5.41) is 0.532. The van der Waals surface area contributed by atoms with Crippen molar-refractivity contribution in [1.82, 2.24) is 4.98 Å². The molecule has 186 valence electrons.